The van der Waals surface area contributed by atoms with Crippen molar-refractivity contribution in [2.75, 3.05) is 6.54 Å². The molecular formula is C11H14N2O. The second-order valence-corrected chi connectivity index (χ2v) is 4.07. The third kappa shape index (κ3) is 1.40. The normalized spacial score (nSPS) is 12.2. The Morgan fingerprint density at radius 3 is 2.71 bits per heavy atom. The summed E-state index contributed by atoms with van der Waals surface area (Å²) in [5.41, 5.74) is 7.18. The molecule has 0 bridgehead atoms. The number of oxazole rings is 1. The van der Waals surface area contributed by atoms with Crippen LogP contribution in [0.15, 0.2) is 28.7 Å². The largest absolute Gasteiger partial charge is 0.440 e. The minimum absolute atomic E-state index is 0.195. The van der Waals surface area contributed by atoms with Crippen molar-refractivity contribution in [1.82, 2.24) is 4.98 Å². The second kappa shape index (κ2) is 3.10. The summed E-state index contributed by atoms with van der Waals surface area (Å²) >= 11 is 0. The molecule has 3 nitrogen and oxygen atoms in total. The molecule has 2 N–H and O–H groups in total. The number of rotatable bonds is 2. The molecule has 0 amide bonds. The van der Waals surface area contributed by atoms with Gasteiger partial charge in [-0.2, -0.15) is 0 Å². The highest BCUT2D eigenvalue weighted by Gasteiger charge is 2.24. The Morgan fingerprint density at radius 1 is 1.36 bits per heavy atom. The zero-order chi connectivity index (χ0) is 10.2. The number of hydrogen-bond acceptors (Lipinski definition) is 3. The number of para-hydroxylation sites is 2. The standard InChI is InChI=1S/C11H14N2O/c1-11(2,7-12)10-13-8-5-3-4-6-9(8)14-10/h3-6H,7,12H2,1-2H3. The molecule has 0 fully saturated rings. The summed E-state index contributed by atoms with van der Waals surface area (Å²) in [4.78, 5) is 4.41. The van der Waals surface area contributed by atoms with E-state index in [0.29, 0.717) is 12.4 Å². The van der Waals surface area contributed by atoms with E-state index in [2.05, 4.69) is 4.98 Å². The van der Waals surface area contributed by atoms with E-state index >= 15 is 0 Å². The molecular weight excluding hydrogens is 176 g/mol. The molecule has 0 atom stereocenters. The molecule has 3 heteroatoms. The quantitative estimate of drug-likeness (QED) is 0.788. The van der Waals surface area contributed by atoms with Crippen LogP contribution in [-0.2, 0) is 5.41 Å². The van der Waals surface area contributed by atoms with Crippen LogP contribution in [0.3, 0.4) is 0 Å². The maximum Gasteiger partial charge on any atom is 0.202 e. The van der Waals surface area contributed by atoms with Gasteiger partial charge >= 0.3 is 0 Å². The maximum absolute atomic E-state index is 5.66. The lowest BCUT2D eigenvalue weighted by molar-refractivity contribution is 0.391. The summed E-state index contributed by atoms with van der Waals surface area (Å²) in [6.45, 7) is 4.58. The summed E-state index contributed by atoms with van der Waals surface area (Å²) in [6, 6.07) is 7.74. The third-order valence-corrected chi connectivity index (χ3v) is 2.38. The molecule has 0 unspecified atom stereocenters. The van der Waals surface area contributed by atoms with E-state index in [-0.39, 0.29) is 5.41 Å². The van der Waals surface area contributed by atoms with Gasteiger partial charge in [-0.05, 0) is 26.0 Å². The van der Waals surface area contributed by atoms with Gasteiger partial charge in [0.1, 0.15) is 5.52 Å². The SMILES string of the molecule is CC(C)(CN)c1nc2ccccc2o1. The summed E-state index contributed by atoms with van der Waals surface area (Å²) in [5.74, 6) is 0.709. The van der Waals surface area contributed by atoms with Crippen molar-refractivity contribution in [3.63, 3.8) is 0 Å². The number of fused-ring (bicyclic) bond motifs is 1. The Balaban J connectivity index is 2.55. The highest BCUT2D eigenvalue weighted by atomic mass is 16.3. The van der Waals surface area contributed by atoms with Crippen molar-refractivity contribution >= 4 is 11.1 Å². The smallest absolute Gasteiger partial charge is 0.202 e. The van der Waals surface area contributed by atoms with E-state index < -0.39 is 0 Å². The predicted octanol–water partition coefficient (Wildman–Crippen LogP) is 2.06. The van der Waals surface area contributed by atoms with Gasteiger partial charge in [-0.15, -0.1) is 0 Å². The van der Waals surface area contributed by atoms with Gasteiger partial charge < -0.3 is 10.2 Å². The third-order valence-electron chi connectivity index (χ3n) is 2.38. The van der Waals surface area contributed by atoms with Crippen LogP contribution >= 0.6 is 0 Å². The van der Waals surface area contributed by atoms with E-state index in [1.807, 2.05) is 38.1 Å². The van der Waals surface area contributed by atoms with Gasteiger partial charge in [-0.3, -0.25) is 0 Å². The fraction of sp³-hybridized carbons (Fsp3) is 0.364. The van der Waals surface area contributed by atoms with Crippen molar-refractivity contribution in [2.24, 2.45) is 5.73 Å². The van der Waals surface area contributed by atoms with Crippen LogP contribution < -0.4 is 5.73 Å². The number of aromatic nitrogens is 1. The Kier molecular flexibility index (Phi) is 2.04. The molecule has 14 heavy (non-hydrogen) atoms. The zero-order valence-electron chi connectivity index (χ0n) is 8.45. The van der Waals surface area contributed by atoms with Crippen LogP contribution in [0.5, 0.6) is 0 Å². The minimum Gasteiger partial charge on any atom is -0.440 e. The first-order valence-electron chi connectivity index (χ1n) is 4.69. The Bertz CT molecular complexity index is 412. The lowest BCUT2D eigenvalue weighted by atomic mass is 9.94. The van der Waals surface area contributed by atoms with Crippen molar-refractivity contribution in [1.29, 1.82) is 0 Å². The molecule has 1 aromatic carbocycles. The molecule has 2 rings (SSSR count). The molecule has 1 aromatic heterocycles. The number of nitrogens with two attached hydrogens (primary N) is 1. The molecule has 74 valence electrons. The maximum atomic E-state index is 5.66. The highest BCUT2D eigenvalue weighted by molar-refractivity contribution is 5.72. The van der Waals surface area contributed by atoms with E-state index in [4.69, 9.17) is 10.2 Å². The number of nitrogens with zero attached hydrogens (tertiary/aromatic N) is 1. The summed E-state index contributed by atoms with van der Waals surface area (Å²) in [6.07, 6.45) is 0. The van der Waals surface area contributed by atoms with Crippen molar-refractivity contribution in [2.45, 2.75) is 19.3 Å². The van der Waals surface area contributed by atoms with Gasteiger partial charge in [-0.25, -0.2) is 4.98 Å². The first kappa shape index (κ1) is 9.21. The lowest BCUT2D eigenvalue weighted by Gasteiger charge is -2.16. The van der Waals surface area contributed by atoms with Crippen molar-refractivity contribution in [3.8, 4) is 0 Å². The molecule has 0 saturated carbocycles. The van der Waals surface area contributed by atoms with Gasteiger partial charge in [0.05, 0.1) is 5.41 Å². The van der Waals surface area contributed by atoms with Crippen LogP contribution in [-0.4, -0.2) is 11.5 Å². The van der Waals surface area contributed by atoms with Crippen molar-refractivity contribution in [3.05, 3.63) is 30.2 Å². The van der Waals surface area contributed by atoms with Gasteiger partial charge in [0.25, 0.3) is 0 Å². The molecule has 2 aromatic rings. The zero-order valence-corrected chi connectivity index (χ0v) is 8.45. The van der Waals surface area contributed by atoms with Gasteiger partial charge in [0, 0.05) is 6.54 Å². The first-order valence-corrected chi connectivity index (χ1v) is 4.69. The molecule has 1 heterocycles. The lowest BCUT2D eigenvalue weighted by Crippen LogP contribution is -2.28. The fourth-order valence-electron chi connectivity index (χ4n) is 1.25. The molecule has 0 aliphatic rings. The Morgan fingerprint density at radius 2 is 2.07 bits per heavy atom. The van der Waals surface area contributed by atoms with Crippen LogP contribution in [0, 0.1) is 0 Å². The van der Waals surface area contributed by atoms with E-state index in [9.17, 15) is 0 Å². The molecule has 0 aliphatic heterocycles. The Labute approximate surface area is 82.9 Å². The van der Waals surface area contributed by atoms with E-state index in [0.717, 1.165) is 11.1 Å². The summed E-state index contributed by atoms with van der Waals surface area (Å²) in [7, 11) is 0. The van der Waals surface area contributed by atoms with Crippen LogP contribution in [0.4, 0.5) is 0 Å². The minimum atomic E-state index is -0.195. The van der Waals surface area contributed by atoms with Crippen LogP contribution in [0.2, 0.25) is 0 Å². The van der Waals surface area contributed by atoms with Crippen LogP contribution in [0.25, 0.3) is 11.1 Å². The second-order valence-electron chi connectivity index (χ2n) is 4.07. The summed E-state index contributed by atoms with van der Waals surface area (Å²) < 4.78 is 5.63. The van der Waals surface area contributed by atoms with Gasteiger partial charge in [0.15, 0.2) is 5.58 Å². The first-order chi connectivity index (χ1) is 6.63. The molecule has 0 spiro atoms. The number of benzene rings is 1. The topological polar surface area (TPSA) is 52.0 Å². The summed E-state index contributed by atoms with van der Waals surface area (Å²) in [5, 5.41) is 0. The molecule has 0 aliphatic carbocycles. The Hall–Kier alpha value is -1.35. The number of hydrogen-bond donors (Lipinski definition) is 1. The molecule has 0 saturated heterocycles. The van der Waals surface area contributed by atoms with E-state index in [1.54, 1.807) is 0 Å². The average molecular weight is 190 g/mol. The average Bonchev–Trinajstić information content (AvgIpc) is 2.61. The van der Waals surface area contributed by atoms with Gasteiger partial charge in [-0.1, -0.05) is 12.1 Å². The van der Waals surface area contributed by atoms with Crippen LogP contribution in [0.1, 0.15) is 19.7 Å². The molecule has 0 radical (unpaired) electrons. The highest BCUT2D eigenvalue weighted by Crippen LogP contribution is 2.24. The monoisotopic (exact) mass is 190 g/mol. The van der Waals surface area contributed by atoms with E-state index in [1.165, 1.54) is 0 Å². The van der Waals surface area contributed by atoms with Gasteiger partial charge in [0.2, 0.25) is 5.89 Å². The predicted molar refractivity (Wildman–Crippen MR) is 56.1 cm³/mol. The fourth-order valence-corrected chi connectivity index (χ4v) is 1.25. The van der Waals surface area contributed by atoms with Crippen molar-refractivity contribution < 1.29 is 4.42 Å².